The first-order chi connectivity index (χ1) is 12.4. The summed E-state index contributed by atoms with van der Waals surface area (Å²) < 4.78 is 4.71. The van der Waals surface area contributed by atoms with Crippen LogP contribution in [-0.4, -0.2) is 42.2 Å². The Morgan fingerprint density at radius 1 is 1.23 bits per heavy atom. The lowest BCUT2D eigenvalue weighted by Gasteiger charge is -2.19. The molecule has 0 radical (unpaired) electrons. The van der Waals surface area contributed by atoms with E-state index in [1.807, 2.05) is 6.92 Å². The van der Waals surface area contributed by atoms with Gasteiger partial charge in [0.05, 0.1) is 24.5 Å². The van der Waals surface area contributed by atoms with Crippen molar-refractivity contribution in [3.05, 3.63) is 16.5 Å². The van der Waals surface area contributed by atoms with Gasteiger partial charge in [0.1, 0.15) is 5.00 Å². The van der Waals surface area contributed by atoms with Gasteiger partial charge in [-0.15, -0.1) is 11.3 Å². The molecule has 1 saturated carbocycles. The van der Waals surface area contributed by atoms with Crippen molar-refractivity contribution in [2.24, 2.45) is 11.8 Å². The van der Waals surface area contributed by atoms with Crippen LogP contribution in [0, 0.1) is 18.8 Å². The minimum Gasteiger partial charge on any atom is -0.465 e. The Morgan fingerprint density at radius 3 is 2.42 bits per heavy atom. The van der Waals surface area contributed by atoms with Crippen molar-refractivity contribution in [3.8, 4) is 0 Å². The van der Waals surface area contributed by atoms with Gasteiger partial charge in [-0.25, -0.2) is 4.79 Å². The molecule has 1 aliphatic carbocycles. The quantitative estimate of drug-likeness (QED) is 0.627. The highest BCUT2D eigenvalue weighted by atomic mass is 32.1. The van der Waals surface area contributed by atoms with Crippen LogP contribution in [-0.2, 0) is 19.1 Å². The van der Waals surface area contributed by atoms with E-state index in [9.17, 15) is 19.2 Å². The Bertz CT molecular complexity index is 733. The van der Waals surface area contributed by atoms with E-state index in [1.54, 1.807) is 6.07 Å². The number of nitrogens with zero attached hydrogens (tertiary/aromatic N) is 1. The van der Waals surface area contributed by atoms with Crippen LogP contribution in [0.2, 0.25) is 0 Å². The molecule has 2 fully saturated rings. The molecule has 3 rings (SSSR count). The Balaban J connectivity index is 1.60. The second-order valence-corrected chi connectivity index (χ2v) is 7.97. The van der Waals surface area contributed by atoms with Gasteiger partial charge in [0.25, 0.3) is 0 Å². The highest BCUT2D eigenvalue weighted by molar-refractivity contribution is 7.16. The van der Waals surface area contributed by atoms with Crippen molar-refractivity contribution in [2.45, 2.75) is 39.0 Å². The molecule has 2 atom stereocenters. The molecule has 0 spiro atoms. The SMILES string of the molecule is COC(=O)c1cc(C)sc1NC(=O)CCN1C(=O)[C@H]2CCCC[C@H]2C1=O. The third kappa shape index (κ3) is 3.51. The van der Waals surface area contributed by atoms with Crippen LogP contribution in [0.15, 0.2) is 6.07 Å². The van der Waals surface area contributed by atoms with E-state index in [4.69, 9.17) is 4.74 Å². The lowest BCUT2D eigenvalue weighted by Crippen LogP contribution is -2.34. The fraction of sp³-hybridized carbons (Fsp3) is 0.556. The predicted octanol–water partition coefficient (Wildman–Crippen LogP) is 2.35. The van der Waals surface area contributed by atoms with E-state index in [1.165, 1.54) is 23.3 Å². The molecule has 0 bridgehead atoms. The van der Waals surface area contributed by atoms with Crippen molar-refractivity contribution in [1.29, 1.82) is 0 Å². The smallest absolute Gasteiger partial charge is 0.340 e. The van der Waals surface area contributed by atoms with Crippen molar-refractivity contribution in [2.75, 3.05) is 19.0 Å². The number of likely N-dealkylation sites (tertiary alicyclic amines) is 1. The number of aryl methyl sites for hydroxylation is 1. The largest absolute Gasteiger partial charge is 0.465 e. The number of ether oxygens (including phenoxy) is 1. The minimum atomic E-state index is -0.515. The minimum absolute atomic E-state index is 0.00841. The van der Waals surface area contributed by atoms with Gasteiger partial charge in [0.2, 0.25) is 17.7 Å². The van der Waals surface area contributed by atoms with Gasteiger partial charge >= 0.3 is 5.97 Å². The molecule has 0 unspecified atom stereocenters. The molecule has 1 aromatic rings. The van der Waals surface area contributed by atoms with Crippen LogP contribution in [0.25, 0.3) is 0 Å². The van der Waals surface area contributed by atoms with Crippen molar-refractivity contribution in [1.82, 2.24) is 4.90 Å². The Morgan fingerprint density at radius 2 is 1.85 bits per heavy atom. The molecule has 1 aliphatic heterocycles. The number of imide groups is 1. The summed E-state index contributed by atoms with van der Waals surface area (Å²) in [5.41, 5.74) is 0.308. The number of amides is 3. The fourth-order valence-corrected chi connectivity index (χ4v) is 4.64. The molecule has 8 heteroatoms. The number of methoxy groups -OCH3 is 1. The highest BCUT2D eigenvalue weighted by Gasteiger charge is 2.47. The van der Waals surface area contributed by atoms with E-state index in [0.29, 0.717) is 10.6 Å². The maximum absolute atomic E-state index is 12.4. The third-order valence-electron chi connectivity index (χ3n) is 5.01. The first-order valence-corrected chi connectivity index (χ1v) is 9.58. The Hall–Kier alpha value is -2.22. The van der Waals surface area contributed by atoms with Crippen molar-refractivity contribution < 1.29 is 23.9 Å². The summed E-state index contributed by atoms with van der Waals surface area (Å²) in [6, 6.07) is 1.66. The first-order valence-electron chi connectivity index (χ1n) is 8.76. The molecule has 1 aromatic heterocycles. The zero-order valence-electron chi connectivity index (χ0n) is 14.9. The average molecular weight is 378 g/mol. The molecular weight excluding hydrogens is 356 g/mol. The molecule has 0 aromatic carbocycles. The zero-order chi connectivity index (χ0) is 18.8. The maximum atomic E-state index is 12.4. The monoisotopic (exact) mass is 378 g/mol. The summed E-state index contributed by atoms with van der Waals surface area (Å²) >= 11 is 1.28. The summed E-state index contributed by atoms with van der Waals surface area (Å²) in [5.74, 6) is -1.55. The second kappa shape index (κ2) is 7.57. The standard InChI is InChI=1S/C18H22N2O5S/c1-10-9-13(18(24)25-2)15(26-10)19-14(21)7-8-20-16(22)11-5-3-4-6-12(11)17(20)23/h9,11-12H,3-8H2,1-2H3,(H,19,21)/t11-,12+. The number of esters is 1. The number of fused-ring (bicyclic) bond motifs is 1. The second-order valence-electron chi connectivity index (χ2n) is 6.72. The molecule has 140 valence electrons. The van der Waals surface area contributed by atoms with Crippen LogP contribution in [0.4, 0.5) is 5.00 Å². The summed E-state index contributed by atoms with van der Waals surface area (Å²) in [5, 5.41) is 3.12. The van der Waals surface area contributed by atoms with Gasteiger partial charge in [-0.3, -0.25) is 19.3 Å². The normalized spacial score (nSPS) is 22.3. The van der Waals surface area contributed by atoms with E-state index in [0.717, 1.165) is 30.6 Å². The van der Waals surface area contributed by atoms with Gasteiger partial charge in [0, 0.05) is 17.8 Å². The number of carbonyl (C=O) groups excluding carboxylic acids is 4. The lowest BCUT2D eigenvalue weighted by molar-refractivity contribution is -0.140. The molecule has 1 N–H and O–H groups in total. The number of thiophene rings is 1. The van der Waals surface area contributed by atoms with Gasteiger partial charge in [-0.05, 0) is 25.8 Å². The van der Waals surface area contributed by atoms with E-state index in [2.05, 4.69) is 5.32 Å². The van der Waals surface area contributed by atoms with Gasteiger partial charge in [0.15, 0.2) is 0 Å². The predicted molar refractivity (Wildman–Crippen MR) is 95.8 cm³/mol. The number of rotatable bonds is 5. The van der Waals surface area contributed by atoms with Gasteiger partial charge < -0.3 is 10.1 Å². The van der Waals surface area contributed by atoms with Crippen LogP contribution in [0.1, 0.15) is 47.3 Å². The number of anilines is 1. The van der Waals surface area contributed by atoms with Crippen molar-refractivity contribution >= 4 is 40.0 Å². The zero-order valence-corrected chi connectivity index (χ0v) is 15.7. The molecule has 2 aliphatic rings. The van der Waals surface area contributed by atoms with Crippen LogP contribution in [0.5, 0.6) is 0 Å². The number of hydrogen-bond acceptors (Lipinski definition) is 6. The third-order valence-corrected chi connectivity index (χ3v) is 5.97. The molecule has 3 amide bonds. The molecular formula is C18H22N2O5S. The average Bonchev–Trinajstić information content (AvgIpc) is 3.11. The highest BCUT2D eigenvalue weighted by Crippen LogP contribution is 2.38. The lowest BCUT2D eigenvalue weighted by atomic mass is 9.81. The van der Waals surface area contributed by atoms with E-state index >= 15 is 0 Å². The molecule has 7 nitrogen and oxygen atoms in total. The fourth-order valence-electron chi connectivity index (χ4n) is 3.72. The van der Waals surface area contributed by atoms with Gasteiger partial charge in [-0.1, -0.05) is 12.8 Å². The summed E-state index contributed by atoms with van der Waals surface area (Å²) in [6.45, 7) is 1.91. The summed E-state index contributed by atoms with van der Waals surface area (Å²) in [7, 11) is 1.28. The Labute approximate surface area is 155 Å². The topological polar surface area (TPSA) is 92.8 Å². The number of nitrogens with one attached hydrogen (secondary N) is 1. The van der Waals surface area contributed by atoms with E-state index in [-0.39, 0.29) is 42.5 Å². The first kappa shape index (κ1) is 18.6. The van der Waals surface area contributed by atoms with Crippen LogP contribution < -0.4 is 5.32 Å². The summed E-state index contributed by atoms with van der Waals surface area (Å²) in [6.07, 6.45) is 3.48. The molecule has 26 heavy (non-hydrogen) atoms. The molecule has 1 saturated heterocycles. The van der Waals surface area contributed by atoms with Crippen molar-refractivity contribution in [3.63, 3.8) is 0 Å². The Kier molecular flexibility index (Phi) is 5.41. The summed E-state index contributed by atoms with van der Waals surface area (Å²) in [4.78, 5) is 51.0. The number of carbonyl (C=O) groups is 4. The van der Waals surface area contributed by atoms with E-state index < -0.39 is 5.97 Å². The van der Waals surface area contributed by atoms with Crippen LogP contribution >= 0.6 is 11.3 Å². The maximum Gasteiger partial charge on any atom is 0.340 e. The van der Waals surface area contributed by atoms with Gasteiger partial charge in [-0.2, -0.15) is 0 Å². The number of hydrogen-bond donors (Lipinski definition) is 1. The van der Waals surface area contributed by atoms with Crippen LogP contribution in [0.3, 0.4) is 0 Å². The molecule has 2 heterocycles.